The molecule has 0 bridgehead atoms. The van der Waals surface area contributed by atoms with Gasteiger partial charge in [-0.3, -0.25) is 4.55 Å². The summed E-state index contributed by atoms with van der Waals surface area (Å²) in [5.41, 5.74) is 8.16. The molecule has 28 heavy (non-hydrogen) atoms. The summed E-state index contributed by atoms with van der Waals surface area (Å²) in [7, 11) is -4.02. The van der Waals surface area contributed by atoms with Gasteiger partial charge in [-0.15, -0.1) is 0 Å². The Kier molecular flexibility index (Phi) is 5.86. The van der Waals surface area contributed by atoms with Crippen LogP contribution in [0.2, 0.25) is 0 Å². The van der Waals surface area contributed by atoms with Crippen LogP contribution in [0.3, 0.4) is 0 Å². The molecule has 0 saturated heterocycles. The van der Waals surface area contributed by atoms with Crippen molar-refractivity contribution in [2.45, 2.75) is 23.7 Å². The van der Waals surface area contributed by atoms with Gasteiger partial charge in [0.15, 0.2) is 0 Å². The summed E-state index contributed by atoms with van der Waals surface area (Å²) in [5.74, 6) is 0.341. The third kappa shape index (κ3) is 4.25. The molecule has 0 radical (unpaired) electrons. The van der Waals surface area contributed by atoms with Crippen LogP contribution in [0.5, 0.6) is 0 Å². The van der Waals surface area contributed by atoms with Gasteiger partial charge in [-0.25, -0.2) is 0 Å². The molecule has 5 nitrogen and oxygen atoms in total. The van der Waals surface area contributed by atoms with E-state index in [2.05, 4.69) is 36.4 Å². The second-order valence-corrected chi connectivity index (χ2v) is 8.72. The molecule has 0 aromatic heterocycles. The number of aryl methyl sites for hydroxylation is 1. The van der Waals surface area contributed by atoms with Gasteiger partial charge in [0, 0.05) is 18.6 Å². The molecular formula is C22H25NO4S. The lowest BCUT2D eigenvalue weighted by atomic mass is 9.91. The molecule has 0 unspecified atom stereocenters. The number of aliphatic hydroxyl groups is 1. The monoisotopic (exact) mass is 399 g/mol. The summed E-state index contributed by atoms with van der Waals surface area (Å²) in [5, 5.41) is 11.8. The Morgan fingerprint density at radius 3 is 2.21 bits per heavy atom. The van der Waals surface area contributed by atoms with Crippen molar-refractivity contribution in [3.8, 4) is 0 Å². The number of rotatable bonds is 4. The third-order valence-corrected chi connectivity index (χ3v) is 6.33. The number of hydrogen-bond acceptors (Lipinski definition) is 4. The standard InChI is InChI=1S/C15H17NO.C7H8O3S/c16-10-15(8-14(15)9-17)13-6-5-11-3-1-2-4-12(11)7-13;1-6-2-4-7(5-3-6)11(8,9)10/h1-7,14,17H,8-10,16H2;2-5H,1H3,(H,8,9,10)/t14-,15+;/m1./s1. The van der Waals surface area contributed by atoms with Crippen LogP contribution < -0.4 is 5.73 Å². The largest absolute Gasteiger partial charge is 0.396 e. The molecule has 0 amide bonds. The molecule has 3 aromatic rings. The Morgan fingerprint density at radius 2 is 1.68 bits per heavy atom. The fourth-order valence-corrected chi connectivity index (χ4v) is 4.03. The maximum Gasteiger partial charge on any atom is 0.294 e. The number of nitrogens with two attached hydrogens (primary N) is 1. The second-order valence-electron chi connectivity index (χ2n) is 7.29. The Morgan fingerprint density at radius 1 is 1.04 bits per heavy atom. The first kappa shape index (κ1) is 20.5. The van der Waals surface area contributed by atoms with Gasteiger partial charge in [0.1, 0.15) is 0 Å². The van der Waals surface area contributed by atoms with E-state index in [1.807, 2.05) is 13.0 Å². The van der Waals surface area contributed by atoms with Crippen LogP contribution in [-0.4, -0.2) is 31.2 Å². The van der Waals surface area contributed by atoms with Crippen LogP contribution in [0.25, 0.3) is 10.8 Å². The van der Waals surface area contributed by atoms with Crippen molar-refractivity contribution in [3.05, 3.63) is 77.9 Å². The minimum atomic E-state index is -4.02. The van der Waals surface area contributed by atoms with Gasteiger partial charge in [0.2, 0.25) is 0 Å². The van der Waals surface area contributed by atoms with Gasteiger partial charge in [-0.1, -0.05) is 60.2 Å². The van der Waals surface area contributed by atoms with Gasteiger partial charge in [-0.2, -0.15) is 8.42 Å². The molecule has 2 atom stereocenters. The second kappa shape index (κ2) is 8.01. The fourth-order valence-electron chi connectivity index (χ4n) is 3.55. The molecule has 1 saturated carbocycles. The van der Waals surface area contributed by atoms with Gasteiger partial charge in [-0.05, 0) is 47.7 Å². The summed E-state index contributed by atoms with van der Waals surface area (Å²) < 4.78 is 29.6. The van der Waals surface area contributed by atoms with Crippen molar-refractivity contribution < 1.29 is 18.1 Å². The Bertz CT molecular complexity index is 1060. The highest BCUT2D eigenvalue weighted by atomic mass is 32.2. The van der Waals surface area contributed by atoms with E-state index >= 15 is 0 Å². The zero-order chi connectivity index (χ0) is 20.4. The molecule has 3 aromatic carbocycles. The van der Waals surface area contributed by atoms with Gasteiger partial charge >= 0.3 is 0 Å². The van der Waals surface area contributed by atoms with Gasteiger partial charge in [0.25, 0.3) is 10.1 Å². The van der Waals surface area contributed by atoms with E-state index in [4.69, 9.17) is 10.3 Å². The Labute approximate surface area is 165 Å². The molecule has 6 heteroatoms. The van der Waals surface area contributed by atoms with Crippen LogP contribution in [0, 0.1) is 12.8 Å². The normalized spacial score (nSPS) is 21.1. The summed E-state index contributed by atoms with van der Waals surface area (Å²) >= 11 is 0. The maximum atomic E-state index is 10.5. The Hall–Kier alpha value is -2.25. The third-order valence-electron chi connectivity index (χ3n) is 5.46. The molecule has 4 rings (SSSR count). The van der Waals surface area contributed by atoms with E-state index < -0.39 is 10.1 Å². The highest BCUT2D eigenvalue weighted by molar-refractivity contribution is 7.85. The first-order chi connectivity index (χ1) is 13.3. The van der Waals surface area contributed by atoms with Crippen LogP contribution in [0.4, 0.5) is 0 Å². The molecule has 4 N–H and O–H groups in total. The SMILES string of the molecule is Cc1ccc(S(=O)(=O)O)cc1.NC[C@]1(c2ccc3ccccc3c2)C[C@@H]1CO. The van der Waals surface area contributed by atoms with Crippen molar-refractivity contribution >= 4 is 20.9 Å². The molecule has 1 aliphatic carbocycles. The van der Waals surface area contributed by atoms with E-state index in [-0.39, 0.29) is 16.9 Å². The number of fused-ring (bicyclic) bond motifs is 1. The molecular weight excluding hydrogens is 374 g/mol. The van der Waals surface area contributed by atoms with E-state index in [1.165, 1.54) is 28.5 Å². The first-order valence-electron chi connectivity index (χ1n) is 9.14. The average Bonchev–Trinajstić information content (AvgIpc) is 3.43. The van der Waals surface area contributed by atoms with Crippen molar-refractivity contribution in [1.82, 2.24) is 0 Å². The smallest absolute Gasteiger partial charge is 0.294 e. The number of aliphatic hydroxyl groups excluding tert-OH is 1. The summed E-state index contributed by atoms with van der Waals surface area (Å²) in [6, 6.07) is 20.9. The highest BCUT2D eigenvalue weighted by Crippen LogP contribution is 2.53. The topological polar surface area (TPSA) is 101 Å². The van der Waals surface area contributed by atoms with Crippen LogP contribution in [0.15, 0.2) is 71.6 Å². The van der Waals surface area contributed by atoms with E-state index in [0.717, 1.165) is 12.0 Å². The van der Waals surface area contributed by atoms with Crippen molar-refractivity contribution in [1.29, 1.82) is 0 Å². The molecule has 1 fully saturated rings. The number of hydrogen-bond donors (Lipinski definition) is 3. The molecule has 0 aliphatic heterocycles. The van der Waals surface area contributed by atoms with Crippen LogP contribution in [0.1, 0.15) is 17.5 Å². The quantitative estimate of drug-likeness (QED) is 0.585. The summed E-state index contributed by atoms with van der Waals surface area (Å²) in [6.07, 6.45) is 1.01. The summed E-state index contributed by atoms with van der Waals surface area (Å²) in [6.45, 7) is 2.70. The van der Waals surface area contributed by atoms with Crippen LogP contribution >= 0.6 is 0 Å². The first-order valence-corrected chi connectivity index (χ1v) is 10.6. The average molecular weight is 400 g/mol. The van der Waals surface area contributed by atoms with E-state index in [9.17, 15) is 13.5 Å². The van der Waals surface area contributed by atoms with E-state index in [0.29, 0.717) is 12.5 Å². The minimum Gasteiger partial charge on any atom is -0.396 e. The van der Waals surface area contributed by atoms with E-state index in [1.54, 1.807) is 12.1 Å². The zero-order valence-corrected chi connectivity index (χ0v) is 16.6. The lowest BCUT2D eigenvalue weighted by Gasteiger charge is -2.15. The predicted octanol–water partition coefficient (Wildman–Crippen LogP) is 3.29. The lowest BCUT2D eigenvalue weighted by Crippen LogP contribution is -2.23. The van der Waals surface area contributed by atoms with Crippen molar-refractivity contribution in [2.75, 3.05) is 13.2 Å². The fraction of sp³-hybridized carbons (Fsp3) is 0.273. The van der Waals surface area contributed by atoms with Crippen molar-refractivity contribution in [3.63, 3.8) is 0 Å². The van der Waals surface area contributed by atoms with Crippen LogP contribution in [-0.2, 0) is 15.5 Å². The maximum absolute atomic E-state index is 10.5. The van der Waals surface area contributed by atoms with Gasteiger partial charge < -0.3 is 10.8 Å². The lowest BCUT2D eigenvalue weighted by molar-refractivity contribution is 0.264. The number of benzene rings is 3. The van der Waals surface area contributed by atoms with Gasteiger partial charge in [0.05, 0.1) is 4.90 Å². The summed E-state index contributed by atoms with van der Waals surface area (Å²) in [4.78, 5) is -0.0666. The molecule has 0 spiro atoms. The zero-order valence-electron chi connectivity index (χ0n) is 15.7. The Balaban J connectivity index is 0.000000178. The molecule has 148 valence electrons. The molecule has 1 aliphatic rings. The molecule has 0 heterocycles. The highest BCUT2D eigenvalue weighted by Gasteiger charge is 2.53. The van der Waals surface area contributed by atoms with Crippen molar-refractivity contribution in [2.24, 2.45) is 11.7 Å². The minimum absolute atomic E-state index is 0.0266. The predicted molar refractivity (Wildman–Crippen MR) is 111 cm³/mol.